The van der Waals surface area contributed by atoms with Gasteiger partial charge in [-0.25, -0.2) is 0 Å². The van der Waals surface area contributed by atoms with Gasteiger partial charge in [-0.3, -0.25) is 9.59 Å². The molecule has 22 heavy (non-hydrogen) atoms. The van der Waals surface area contributed by atoms with E-state index in [1.54, 1.807) is 16.7 Å². The summed E-state index contributed by atoms with van der Waals surface area (Å²) in [6.07, 6.45) is 4.62. The molecule has 6 heteroatoms. The highest BCUT2D eigenvalue weighted by Crippen LogP contribution is 2.24. The molecule has 0 bridgehead atoms. The van der Waals surface area contributed by atoms with Crippen LogP contribution in [0.1, 0.15) is 46.0 Å². The lowest BCUT2D eigenvalue weighted by Crippen LogP contribution is -2.47. The van der Waals surface area contributed by atoms with Gasteiger partial charge in [0.2, 0.25) is 11.8 Å². The molecule has 2 aliphatic heterocycles. The van der Waals surface area contributed by atoms with Crippen LogP contribution in [0.5, 0.6) is 0 Å². The average molecular weight is 328 g/mol. The lowest BCUT2D eigenvalue weighted by atomic mass is 10.1. The Kier molecular flexibility index (Phi) is 7.02. The molecule has 2 aliphatic rings. The Bertz CT molecular complexity index is 384. The van der Waals surface area contributed by atoms with Gasteiger partial charge < -0.3 is 15.0 Å². The van der Waals surface area contributed by atoms with Gasteiger partial charge in [-0.15, -0.1) is 11.8 Å². The van der Waals surface area contributed by atoms with E-state index >= 15 is 0 Å². The second kappa shape index (κ2) is 8.77. The fourth-order valence-corrected chi connectivity index (χ4v) is 3.99. The summed E-state index contributed by atoms with van der Waals surface area (Å²) in [6.45, 7) is 5.78. The maximum absolute atomic E-state index is 12.4. The Morgan fingerprint density at radius 2 is 2.23 bits per heavy atom. The summed E-state index contributed by atoms with van der Waals surface area (Å²) in [4.78, 5) is 26.4. The first-order valence-electron chi connectivity index (χ1n) is 8.34. The summed E-state index contributed by atoms with van der Waals surface area (Å²) in [7, 11) is 0. The maximum atomic E-state index is 12.4. The van der Waals surface area contributed by atoms with E-state index in [9.17, 15) is 9.59 Å². The van der Waals surface area contributed by atoms with E-state index in [4.69, 9.17) is 4.74 Å². The monoisotopic (exact) mass is 328 g/mol. The molecule has 0 spiro atoms. The summed E-state index contributed by atoms with van der Waals surface area (Å²) in [6, 6.07) is -0.297. The number of ether oxygens (including phenoxy) is 1. The largest absolute Gasteiger partial charge is 0.378 e. The molecule has 0 radical (unpaired) electrons. The van der Waals surface area contributed by atoms with Gasteiger partial charge in [-0.1, -0.05) is 13.8 Å². The fraction of sp³-hybridized carbons (Fsp3) is 0.875. The highest BCUT2D eigenvalue weighted by molar-refractivity contribution is 7.99. The minimum absolute atomic E-state index is 0.00360. The molecule has 0 aromatic heterocycles. The molecular weight excluding hydrogens is 300 g/mol. The van der Waals surface area contributed by atoms with Crippen LogP contribution in [0, 0.1) is 5.92 Å². The first kappa shape index (κ1) is 17.6. The van der Waals surface area contributed by atoms with Gasteiger partial charge in [0.25, 0.3) is 0 Å². The number of thioether (sulfide) groups is 1. The number of hydrogen-bond acceptors (Lipinski definition) is 4. The van der Waals surface area contributed by atoms with Crippen molar-refractivity contribution in [1.82, 2.24) is 10.2 Å². The molecule has 0 aliphatic carbocycles. The van der Waals surface area contributed by atoms with Crippen molar-refractivity contribution < 1.29 is 14.3 Å². The number of carbonyl (C=O) groups is 2. The zero-order valence-corrected chi connectivity index (χ0v) is 14.5. The van der Waals surface area contributed by atoms with E-state index in [1.165, 1.54) is 0 Å². The Morgan fingerprint density at radius 1 is 1.41 bits per heavy atom. The summed E-state index contributed by atoms with van der Waals surface area (Å²) >= 11 is 1.66. The lowest BCUT2D eigenvalue weighted by Gasteiger charge is -2.23. The van der Waals surface area contributed by atoms with Crippen molar-refractivity contribution in [2.45, 2.75) is 58.1 Å². The fourth-order valence-electron chi connectivity index (χ4n) is 2.81. The minimum atomic E-state index is -0.297. The van der Waals surface area contributed by atoms with Crippen LogP contribution < -0.4 is 5.32 Å². The maximum Gasteiger partial charge on any atom is 0.243 e. The first-order valence-corrected chi connectivity index (χ1v) is 9.50. The van der Waals surface area contributed by atoms with E-state index in [0.29, 0.717) is 30.5 Å². The predicted molar refractivity (Wildman–Crippen MR) is 88.6 cm³/mol. The van der Waals surface area contributed by atoms with Gasteiger partial charge in [0.05, 0.1) is 12.0 Å². The Hall–Kier alpha value is -0.750. The van der Waals surface area contributed by atoms with Crippen molar-refractivity contribution in [1.29, 1.82) is 0 Å². The summed E-state index contributed by atoms with van der Waals surface area (Å²) in [5, 5.41) is 2.97. The second-order valence-electron chi connectivity index (χ2n) is 6.53. The quantitative estimate of drug-likeness (QED) is 0.777. The number of hydrogen-bond donors (Lipinski definition) is 1. The van der Waals surface area contributed by atoms with E-state index in [0.717, 1.165) is 32.3 Å². The minimum Gasteiger partial charge on any atom is -0.378 e. The van der Waals surface area contributed by atoms with Crippen LogP contribution in [0.2, 0.25) is 0 Å². The third-order valence-corrected chi connectivity index (χ3v) is 5.24. The van der Waals surface area contributed by atoms with Gasteiger partial charge in [0, 0.05) is 25.3 Å². The van der Waals surface area contributed by atoms with Crippen LogP contribution in [0.4, 0.5) is 0 Å². The first-order chi connectivity index (χ1) is 10.6. The molecule has 2 atom stereocenters. The highest BCUT2D eigenvalue weighted by Gasteiger charge is 2.34. The van der Waals surface area contributed by atoms with Gasteiger partial charge in [0.15, 0.2) is 0 Å². The van der Waals surface area contributed by atoms with Crippen molar-refractivity contribution in [3.05, 3.63) is 0 Å². The second-order valence-corrected chi connectivity index (χ2v) is 7.53. The Balaban J connectivity index is 1.75. The van der Waals surface area contributed by atoms with Crippen LogP contribution in [0.25, 0.3) is 0 Å². The molecule has 0 aromatic carbocycles. The van der Waals surface area contributed by atoms with Gasteiger partial charge >= 0.3 is 0 Å². The van der Waals surface area contributed by atoms with Crippen molar-refractivity contribution in [2.24, 2.45) is 5.92 Å². The number of nitrogens with one attached hydrogen (secondary N) is 1. The van der Waals surface area contributed by atoms with Gasteiger partial charge in [0.1, 0.15) is 6.04 Å². The van der Waals surface area contributed by atoms with E-state index < -0.39 is 0 Å². The molecule has 126 valence electrons. The average Bonchev–Trinajstić information content (AvgIpc) is 3.15. The standard InChI is InChI=1S/C16H28N2O3S/c1-12(2)7-8-17-16(20)14-10-22-11-18(14)15(19)6-5-13-4-3-9-21-13/h12-14H,3-11H2,1-2H3,(H,17,20). The molecule has 0 saturated carbocycles. The molecule has 2 amide bonds. The van der Waals surface area contributed by atoms with Crippen molar-refractivity contribution in [3.63, 3.8) is 0 Å². The smallest absolute Gasteiger partial charge is 0.243 e. The lowest BCUT2D eigenvalue weighted by molar-refractivity contribution is -0.138. The Morgan fingerprint density at radius 3 is 2.91 bits per heavy atom. The summed E-state index contributed by atoms with van der Waals surface area (Å²) < 4.78 is 5.56. The predicted octanol–water partition coefficient (Wildman–Crippen LogP) is 2.01. The summed E-state index contributed by atoms with van der Waals surface area (Å²) in [5.74, 6) is 1.99. The van der Waals surface area contributed by atoms with E-state index in [-0.39, 0.29) is 24.0 Å². The molecule has 0 aromatic rings. The molecular formula is C16H28N2O3S. The molecule has 2 rings (SSSR count). The zero-order valence-electron chi connectivity index (χ0n) is 13.7. The van der Waals surface area contributed by atoms with Crippen LogP contribution in [-0.4, -0.2) is 53.6 Å². The van der Waals surface area contributed by atoms with Crippen LogP contribution in [0.15, 0.2) is 0 Å². The SMILES string of the molecule is CC(C)CCNC(=O)C1CSCN1C(=O)CCC1CCCO1. The van der Waals surface area contributed by atoms with Crippen molar-refractivity contribution in [2.75, 3.05) is 24.8 Å². The van der Waals surface area contributed by atoms with Gasteiger partial charge in [-0.05, 0) is 31.6 Å². The number of amides is 2. The van der Waals surface area contributed by atoms with E-state index in [1.807, 2.05) is 0 Å². The van der Waals surface area contributed by atoms with Crippen LogP contribution in [-0.2, 0) is 14.3 Å². The Labute approximate surface area is 137 Å². The zero-order chi connectivity index (χ0) is 15.9. The van der Waals surface area contributed by atoms with E-state index in [2.05, 4.69) is 19.2 Å². The number of carbonyl (C=O) groups excluding carboxylic acids is 2. The number of rotatable bonds is 7. The van der Waals surface area contributed by atoms with Gasteiger partial charge in [-0.2, -0.15) is 0 Å². The highest BCUT2D eigenvalue weighted by atomic mass is 32.2. The third kappa shape index (κ3) is 5.16. The van der Waals surface area contributed by atoms with Crippen LogP contribution >= 0.6 is 11.8 Å². The molecule has 2 unspecified atom stereocenters. The topological polar surface area (TPSA) is 58.6 Å². The molecule has 2 saturated heterocycles. The molecule has 2 heterocycles. The normalized spacial score (nSPS) is 25.0. The molecule has 1 N–H and O–H groups in total. The van der Waals surface area contributed by atoms with Crippen molar-refractivity contribution in [3.8, 4) is 0 Å². The number of nitrogens with zero attached hydrogens (tertiary/aromatic N) is 1. The van der Waals surface area contributed by atoms with Crippen LogP contribution in [0.3, 0.4) is 0 Å². The third-order valence-electron chi connectivity index (χ3n) is 4.23. The summed E-state index contributed by atoms with van der Waals surface area (Å²) in [5.41, 5.74) is 0. The molecule has 5 nitrogen and oxygen atoms in total. The van der Waals surface area contributed by atoms with Crippen molar-refractivity contribution >= 4 is 23.6 Å². The molecule has 2 fully saturated rings.